The van der Waals surface area contributed by atoms with Gasteiger partial charge in [0.05, 0.1) is 9.82 Å². The third-order valence-corrected chi connectivity index (χ3v) is 5.56. The summed E-state index contributed by atoms with van der Waals surface area (Å²) < 4.78 is 39.3. The molecule has 23 heavy (non-hydrogen) atoms. The summed E-state index contributed by atoms with van der Waals surface area (Å²) in [5.41, 5.74) is 0.456. The van der Waals surface area contributed by atoms with Gasteiger partial charge in [0.15, 0.2) is 0 Å². The van der Waals surface area contributed by atoms with Crippen LogP contribution in [-0.4, -0.2) is 24.7 Å². The van der Waals surface area contributed by atoms with Crippen molar-refractivity contribution >= 4 is 15.7 Å². The Morgan fingerprint density at radius 3 is 2.09 bits per heavy atom. The second-order valence-electron chi connectivity index (χ2n) is 5.00. The first-order chi connectivity index (χ1) is 10.7. The summed E-state index contributed by atoms with van der Waals surface area (Å²) in [7, 11) is -2.41. The third kappa shape index (κ3) is 3.54. The largest absolute Gasteiger partial charge is 0.269 e. The minimum atomic E-state index is -3.82. The van der Waals surface area contributed by atoms with Gasteiger partial charge in [0, 0.05) is 25.2 Å². The molecule has 0 aliphatic heterocycles. The predicted octanol–water partition coefficient (Wildman–Crippen LogP) is 3.12. The van der Waals surface area contributed by atoms with E-state index < -0.39 is 26.8 Å². The van der Waals surface area contributed by atoms with Gasteiger partial charge >= 0.3 is 0 Å². The van der Waals surface area contributed by atoms with Crippen LogP contribution in [0.5, 0.6) is 0 Å². The molecule has 0 bridgehead atoms. The minimum Gasteiger partial charge on any atom is -0.258 e. The molecule has 1 atom stereocenters. The lowest BCUT2D eigenvalue weighted by Crippen LogP contribution is -2.29. The number of halogens is 1. The van der Waals surface area contributed by atoms with Crippen molar-refractivity contribution in [1.82, 2.24) is 4.31 Å². The van der Waals surface area contributed by atoms with Crippen LogP contribution < -0.4 is 0 Å². The second kappa shape index (κ2) is 6.43. The molecule has 0 spiro atoms. The summed E-state index contributed by atoms with van der Waals surface area (Å²) in [5.74, 6) is -0.401. The van der Waals surface area contributed by atoms with E-state index in [9.17, 15) is 22.9 Å². The van der Waals surface area contributed by atoms with Gasteiger partial charge in [0.2, 0.25) is 10.0 Å². The molecule has 6 nitrogen and oxygen atoms in total. The molecule has 8 heteroatoms. The maximum Gasteiger partial charge on any atom is 0.269 e. The fraction of sp³-hybridized carbons (Fsp3) is 0.200. The van der Waals surface area contributed by atoms with Crippen molar-refractivity contribution in [2.75, 3.05) is 7.05 Å². The Balaban J connectivity index is 2.30. The SMILES string of the molecule is CC(c1ccc(F)cc1)N(C)S(=O)(=O)c1ccc([N+](=O)[O-])cc1. The van der Waals surface area contributed by atoms with Crippen molar-refractivity contribution in [2.24, 2.45) is 0 Å². The Labute approximate surface area is 133 Å². The Morgan fingerprint density at radius 2 is 1.61 bits per heavy atom. The van der Waals surface area contributed by atoms with E-state index in [0.717, 1.165) is 16.4 Å². The van der Waals surface area contributed by atoms with Crippen LogP contribution in [0.3, 0.4) is 0 Å². The first kappa shape index (κ1) is 17.0. The highest BCUT2D eigenvalue weighted by Gasteiger charge is 2.26. The fourth-order valence-electron chi connectivity index (χ4n) is 2.07. The van der Waals surface area contributed by atoms with Crippen molar-refractivity contribution in [3.05, 3.63) is 70.0 Å². The first-order valence-electron chi connectivity index (χ1n) is 6.71. The zero-order valence-electron chi connectivity index (χ0n) is 12.5. The number of rotatable bonds is 5. The highest BCUT2D eigenvalue weighted by Crippen LogP contribution is 2.26. The molecule has 0 saturated heterocycles. The number of nitro groups is 1. The Bertz CT molecular complexity index is 804. The van der Waals surface area contributed by atoms with E-state index in [1.54, 1.807) is 6.92 Å². The molecule has 0 aromatic heterocycles. The molecule has 0 radical (unpaired) electrons. The highest BCUT2D eigenvalue weighted by molar-refractivity contribution is 7.89. The third-order valence-electron chi connectivity index (χ3n) is 3.62. The fourth-order valence-corrected chi connectivity index (χ4v) is 3.42. The van der Waals surface area contributed by atoms with Gasteiger partial charge in [-0.05, 0) is 36.8 Å². The molecule has 0 N–H and O–H groups in total. The Kier molecular flexibility index (Phi) is 4.76. The van der Waals surface area contributed by atoms with E-state index in [-0.39, 0.29) is 10.6 Å². The molecule has 2 aromatic rings. The summed E-state index contributed by atoms with van der Waals surface area (Å²) in [4.78, 5) is 9.99. The van der Waals surface area contributed by atoms with Crippen LogP contribution in [0.25, 0.3) is 0 Å². The zero-order chi connectivity index (χ0) is 17.2. The molecule has 0 aliphatic carbocycles. The van der Waals surface area contributed by atoms with Crippen molar-refractivity contribution in [3.63, 3.8) is 0 Å². The van der Waals surface area contributed by atoms with Gasteiger partial charge in [-0.15, -0.1) is 0 Å². The topological polar surface area (TPSA) is 80.5 Å². The van der Waals surface area contributed by atoms with Crippen molar-refractivity contribution in [3.8, 4) is 0 Å². The number of nitro benzene ring substituents is 1. The molecule has 2 rings (SSSR count). The molecule has 2 aromatic carbocycles. The molecular formula is C15H15FN2O4S. The summed E-state index contributed by atoms with van der Waals surface area (Å²) >= 11 is 0. The van der Waals surface area contributed by atoms with Gasteiger partial charge in [0.1, 0.15) is 5.82 Å². The monoisotopic (exact) mass is 338 g/mol. The quantitative estimate of drug-likeness (QED) is 0.620. The smallest absolute Gasteiger partial charge is 0.258 e. The van der Waals surface area contributed by atoms with Crippen LogP contribution >= 0.6 is 0 Å². The first-order valence-corrected chi connectivity index (χ1v) is 8.15. The second-order valence-corrected chi connectivity index (χ2v) is 7.00. The van der Waals surface area contributed by atoms with Crippen molar-refractivity contribution in [1.29, 1.82) is 0 Å². The van der Waals surface area contributed by atoms with Crippen molar-refractivity contribution < 1.29 is 17.7 Å². The van der Waals surface area contributed by atoms with Gasteiger partial charge in [-0.1, -0.05) is 12.1 Å². The summed E-state index contributed by atoms with van der Waals surface area (Å²) in [5, 5.41) is 10.6. The summed E-state index contributed by atoms with van der Waals surface area (Å²) in [6.45, 7) is 1.68. The number of benzene rings is 2. The lowest BCUT2D eigenvalue weighted by molar-refractivity contribution is -0.384. The van der Waals surface area contributed by atoms with Crippen molar-refractivity contribution in [2.45, 2.75) is 17.9 Å². The van der Waals surface area contributed by atoms with Gasteiger partial charge < -0.3 is 0 Å². The van der Waals surface area contributed by atoms with Gasteiger partial charge in [0.25, 0.3) is 5.69 Å². The average Bonchev–Trinajstić information content (AvgIpc) is 2.54. The molecule has 0 fully saturated rings. The number of non-ortho nitro benzene ring substituents is 1. The summed E-state index contributed by atoms with van der Waals surface area (Å²) in [6.07, 6.45) is 0. The number of hydrogen-bond donors (Lipinski definition) is 0. The molecule has 0 amide bonds. The highest BCUT2D eigenvalue weighted by atomic mass is 32.2. The van der Waals surface area contributed by atoms with Crippen LogP contribution in [0.4, 0.5) is 10.1 Å². The molecule has 0 heterocycles. The van der Waals surface area contributed by atoms with Crippen LogP contribution in [0.2, 0.25) is 0 Å². The molecule has 1 unspecified atom stereocenters. The van der Waals surface area contributed by atoms with Crippen LogP contribution in [0.15, 0.2) is 53.4 Å². The Hall–Kier alpha value is -2.32. The summed E-state index contributed by atoms with van der Waals surface area (Å²) in [6, 6.07) is 9.71. The zero-order valence-corrected chi connectivity index (χ0v) is 13.3. The van der Waals surface area contributed by atoms with Gasteiger partial charge in [-0.25, -0.2) is 12.8 Å². The maximum absolute atomic E-state index is 13.0. The standard InChI is InChI=1S/C15H15FN2O4S/c1-11(12-3-5-13(16)6-4-12)17(2)23(21,22)15-9-7-14(8-10-15)18(19)20/h3-11H,1-2H3. The van der Waals surface area contributed by atoms with E-state index in [2.05, 4.69) is 0 Å². The lowest BCUT2D eigenvalue weighted by atomic mass is 10.1. The minimum absolute atomic E-state index is 0.0421. The van der Waals surface area contributed by atoms with E-state index in [4.69, 9.17) is 0 Å². The Morgan fingerprint density at radius 1 is 1.09 bits per heavy atom. The normalized spacial score (nSPS) is 13.0. The van der Waals surface area contributed by atoms with E-state index in [1.807, 2.05) is 0 Å². The molecule has 0 saturated carbocycles. The molecule has 122 valence electrons. The van der Waals surface area contributed by atoms with Crippen LogP contribution in [0.1, 0.15) is 18.5 Å². The van der Waals surface area contributed by atoms with E-state index >= 15 is 0 Å². The maximum atomic E-state index is 13.0. The lowest BCUT2D eigenvalue weighted by Gasteiger charge is -2.24. The van der Waals surface area contributed by atoms with Gasteiger partial charge in [-0.2, -0.15) is 4.31 Å². The number of sulfonamides is 1. The predicted molar refractivity (Wildman–Crippen MR) is 82.9 cm³/mol. The average molecular weight is 338 g/mol. The molecule has 0 aliphatic rings. The van der Waals surface area contributed by atoms with Crippen LogP contribution in [-0.2, 0) is 10.0 Å². The van der Waals surface area contributed by atoms with Gasteiger partial charge in [-0.3, -0.25) is 10.1 Å². The van der Waals surface area contributed by atoms with Crippen LogP contribution in [0, 0.1) is 15.9 Å². The van der Waals surface area contributed by atoms with E-state index in [0.29, 0.717) is 5.56 Å². The number of hydrogen-bond acceptors (Lipinski definition) is 4. The number of nitrogens with zero attached hydrogens (tertiary/aromatic N) is 2. The van der Waals surface area contributed by atoms with E-state index in [1.165, 1.54) is 43.4 Å². The molecular weight excluding hydrogens is 323 g/mol.